The Balaban J connectivity index is 2.59. The molecule has 2 N–H and O–H groups in total. The van der Waals surface area contributed by atoms with Crippen molar-refractivity contribution in [2.24, 2.45) is 0 Å². The van der Waals surface area contributed by atoms with Crippen LogP contribution >= 0.6 is 0 Å². The Morgan fingerprint density at radius 1 is 1.47 bits per heavy atom. The number of benzene rings is 1. The van der Waals surface area contributed by atoms with Crippen molar-refractivity contribution in [2.45, 2.75) is 18.9 Å². The van der Waals surface area contributed by atoms with Gasteiger partial charge in [0, 0.05) is 0 Å². The first-order chi connectivity index (χ1) is 7.95. The summed E-state index contributed by atoms with van der Waals surface area (Å²) in [6, 6.07) is 8.71. The largest absolute Gasteiger partial charge is 0.490 e. The molecule has 0 aliphatic rings. The van der Waals surface area contributed by atoms with E-state index in [-0.39, 0.29) is 6.61 Å². The Morgan fingerprint density at radius 3 is 2.53 bits per heavy atom. The fourth-order valence-corrected chi connectivity index (χ4v) is 1.08. The first-order valence-corrected chi connectivity index (χ1v) is 5.00. The minimum Gasteiger partial charge on any atom is -0.490 e. The molecule has 5 heteroatoms. The Bertz CT molecular complexity index is 431. The monoisotopic (exact) mass is 235 g/mol. The summed E-state index contributed by atoms with van der Waals surface area (Å²) in [4.78, 5) is 10.6. The number of ether oxygens (including phenoxy) is 1. The molecule has 0 aliphatic heterocycles. The molecule has 1 aromatic carbocycles. The van der Waals surface area contributed by atoms with E-state index in [0.29, 0.717) is 12.2 Å². The number of nitrogens with zero attached hydrogens (tertiary/aromatic N) is 1. The highest BCUT2D eigenvalue weighted by Crippen LogP contribution is 2.14. The van der Waals surface area contributed by atoms with E-state index >= 15 is 0 Å². The SMILES string of the molecule is CC(O)(COc1ccc(CC#N)cc1)C(=O)O. The number of hydrogen-bond acceptors (Lipinski definition) is 4. The van der Waals surface area contributed by atoms with E-state index in [1.807, 2.05) is 6.07 Å². The van der Waals surface area contributed by atoms with Gasteiger partial charge in [0.1, 0.15) is 12.4 Å². The van der Waals surface area contributed by atoms with Crippen molar-refractivity contribution in [1.82, 2.24) is 0 Å². The van der Waals surface area contributed by atoms with Gasteiger partial charge < -0.3 is 14.9 Å². The number of aliphatic hydroxyl groups is 1. The predicted molar refractivity (Wildman–Crippen MR) is 59.5 cm³/mol. The molecule has 5 nitrogen and oxygen atoms in total. The molecular weight excluding hydrogens is 222 g/mol. The molecular formula is C12H13NO4. The fourth-order valence-electron chi connectivity index (χ4n) is 1.08. The molecule has 1 unspecified atom stereocenters. The highest BCUT2D eigenvalue weighted by molar-refractivity contribution is 5.76. The maximum atomic E-state index is 10.6. The van der Waals surface area contributed by atoms with E-state index in [1.165, 1.54) is 6.92 Å². The number of aliphatic carboxylic acids is 1. The molecule has 0 saturated carbocycles. The minimum absolute atomic E-state index is 0.313. The maximum absolute atomic E-state index is 10.6. The minimum atomic E-state index is -1.91. The van der Waals surface area contributed by atoms with Crippen LogP contribution in [0.4, 0.5) is 0 Å². The van der Waals surface area contributed by atoms with Gasteiger partial charge in [0.15, 0.2) is 5.60 Å². The summed E-state index contributed by atoms with van der Waals surface area (Å²) in [6.07, 6.45) is 0.313. The summed E-state index contributed by atoms with van der Waals surface area (Å²) < 4.78 is 5.15. The first-order valence-electron chi connectivity index (χ1n) is 5.00. The van der Waals surface area contributed by atoms with Gasteiger partial charge in [0.2, 0.25) is 0 Å². The maximum Gasteiger partial charge on any atom is 0.339 e. The topological polar surface area (TPSA) is 90.5 Å². The van der Waals surface area contributed by atoms with Crippen LogP contribution in [-0.2, 0) is 11.2 Å². The van der Waals surface area contributed by atoms with E-state index in [1.54, 1.807) is 24.3 Å². The van der Waals surface area contributed by atoms with Gasteiger partial charge in [-0.3, -0.25) is 0 Å². The van der Waals surface area contributed by atoms with Crippen molar-refractivity contribution in [1.29, 1.82) is 5.26 Å². The average Bonchev–Trinajstić information content (AvgIpc) is 2.28. The summed E-state index contributed by atoms with van der Waals surface area (Å²) in [7, 11) is 0. The zero-order valence-corrected chi connectivity index (χ0v) is 9.38. The molecule has 0 aliphatic carbocycles. The van der Waals surface area contributed by atoms with Gasteiger partial charge in [0.05, 0.1) is 12.5 Å². The molecule has 0 bridgehead atoms. The smallest absolute Gasteiger partial charge is 0.339 e. The van der Waals surface area contributed by atoms with Crippen LogP contribution in [0.3, 0.4) is 0 Å². The zero-order valence-electron chi connectivity index (χ0n) is 9.38. The second-order valence-corrected chi connectivity index (χ2v) is 3.85. The van der Waals surface area contributed by atoms with E-state index in [2.05, 4.69) is 0 Å². The Labute approximate surface area is 98.9 Å². The lowest BCUT2D eigenvalue weighted by atomic mass is 10.1. The van der Waals surface area contributed by atoms with Gasteiger partial charge in [0.25, 0.3) is 0 Å². The highest BCUT2D eigenvalue weighted by Gasteiger charge is 2.30. The van der Waals surface area contributed by atoms with Crippen LogP contribution in [0.1, 0.15) is 12.5 Å². The van der Waals surface area contributed by atoms with Gasteiger partial charge in [-0.2, -0.15) is 5.26 Å². The molecule has 0 radical (unpaired) electrons. The Hall–Kier alpha value is -2.06. The van der Waals surface area contributed by atoms with Gasteiger partial charge in [-0.1, -0.05) is 12.1 Å². The number of carboxylic acid groups (broad SMARTS) is 1. The van der Waals surface area contributed by atoms with Crippen molar-refractivity contribution >= 4 is 5.97 Å². The molecule has 0 heterocycles. The third-order valence-corrected chi connectivity index (χ3v) is 2.19. The molecule has 0 fully saturated rings. The lowest BCUT2D eigenvalue weighted by molar-refractivity contribution is -0.159. The van der Waals surface area contributed by atoms with Crippen LogP contribution in [0.25, 0.3) is 0 Å². The quantitative estimate of drug-likeness (QED) is 0.793. The third kappa shape index (κ3) is 3.78. The molecule has 0 saturated heterocycles. The average molecular weight is 235 g/mol. The molecule has 90 valence electrons. The van der Waals surface area contributed by atoms with E-state index in [0.717, 1.165) is 5.56 Å². The Morgan fingerprint density at radius 2 is 2.06 bits per heavy atom. The molecule has 0 amide bonds. The van der Waals surface area contributed by atoms with E-state index < -0.39 is 11.6 Å². The lowest BCUT2D eigenvalue weighted by Gasteiger charge is -2.18. The standard InChI is InChI=1S/C12H13NO4/c1-12(16,11(14)15)8-17-10-4-2-9(3-5-10)6-7-13/h2-5,16H,6,8H2,1H3,(H,14,15). The molecule has 0 spiro atoms. The normalized spacial score (nSPS) is 13.5. The summed E-state index contributed by atoms with van der Waals surface area (Å²) >= 11 is 0. The first kappa shape index (κ1) is 13.0. The molecule has 1 rings (SSSR count). The number of carbonyl (C=O) groups is 1. The van der Waals surface area contributed by atoms with Crippen molar-refractivity contribution in [2.75, 3.05) is 6.61 Å². The molecule has 17 heavy (non-hydrogen) atoms. The molecule has 1 atom stereocenters. The summed E-state index contributed by atoms with van der Waals surface area (Å²) in [5, 5.41) is 26.6. The zero-order chi connectivity index (χ0) is 12.9. The van der Waals surface area contributed by atoms with Crippen molar-refractivity contribution in [3.05, 3.63) is 29.8 Å². The van der Waals surface area contributed by atoms with Crippen molar-refractivity contribution in [3.8, 4) is 11.8 Å². The summed E-state index contributed by atoms with van der Waals surface area (Å²) in [5.74, 6) is -0.883. The fraction of sp³-hybridized carbons (Fsp3) is 0.333. The molecule has 1 aromatic rings. The Kier molecular flexibility index (Phi) is 4.07. The van der Waals surface area contributed by atoms with Crippen LogP contribution in [0.5, 0.6) is 5.75 Å². The number of hydrogen-bond donors (Lipinski definition) is 2. The van der Waals surface area contributed by atoms with Crippen LogP contribution in [-0.4, -0.2) is 28.4 Å². The predicted octanol–water partition coefficient (Wildman–Crippen LogP) is 0.967. The summed E-state index contributed by atoms with van der Waals surface area (Å²) in [5.41, 5.74) is -1.06. The van der Waals surface area contributed by atoms with Crippen LogP contribution in [0.15, 0.2) is 24.3 Å². The molecule has 0 aromatic heterocycles. The lowest BCUT2D eigenvalue weighted by Crippen LogP contribution is -2.41. The van der Waals surface area contributed by atoms with E-state index in [4.69, 9.17) is 15.1 Å². The highest BCUT2D eigenvalue weighted by atomic mass is 16.5. The van der Waals surface area contributed by atoms with Gasteiger partial charge in [-0.15, -0.1) is 0 Å². The number of nitriles is 1. The summed E-state index contributed by atoms with van der Waals surface area (Å²) in [6.45, 7) is 0.833. The van der Waals surface area contributed by atoms with E-state index in [9.17, 15) is 9.90 Å². The number of carboxylic acids is 1. The van der Waals surface area contributed by atoms with Gasteiger partial charge in [-0.25, -0.2) is 4.79 Å². The van der Waals surface area contributed by atoms with Crippen LogP contribution in [0.2, 0.25) is 0 Å². The number of rotatable bonds is 5. The van der Waals surface area contributed by atoms with Crippen molar-refractivity contribution in [3.63, 3.8) is 0 Å². The van der Waals surface area contributed by atoms with Crippen LogP contribution < -0.4 is 4.74 Å². The van der Waals surface area contributed by atoms with Crippen molar-refractivity contribution < 1.29 is 19.7 Å². The second kappa shape index (κ2) is 5.32. The van der Waals surface area contributed by atoms with Gasteiger partial charge in [-0.05, 0) is 24.6 Å². The second-order valence-electron chi connectivity index (χ2n) is 3.85. The van der Waals surface area contributed by atoms with Crippen LogP contribution in [0, 0.1) is 11.3 Å². The van der Waals surface area contributed by atoms with Gasteiger partial charge >= 0.3 is 5.97 Å². The third-order valence-electron chi connectivity index (χ3n) is 2.19.